The van der Waals surface area contributed by atoms with Crippen LogP contribution in [-0.2, 0) is 6.54 Å². The molecule has 2 aromatic heterocycles. The number of methoxy groups -OCH3 is 1. The lowest BCUT2D eigenvalue weighted by Crippen LogP contribution is -2.09. The molecule has 0 aliphatic carbocycles. The van der Waals surface area contributed by atoms with Crippen LogP contribution in [0, 0.1) is 5.82 Å². The van der Waals surface area contributed by atoms with Crippen LogP contribution in [0.5, 0.6) is 5.75 Å². The standard InChI is InChI=1S/C20H15Cl2FN6O/c1-30-17-10-13(23)7-8-14(17)19-12(4-3-9-24-19)11-25-20-26-27-28-29(20)16-6-2-5-15(21)18(16)22/h2-10H,11H2,1H3,(H,25,26,28). The van der Waals surface area contributed by atoms with Gasteiger partial charge in [-0.1, -0.05) is 40.4 Å². The SMILES string of the molecule is COc1cc(F)ccc1-c1ncccc1CNc1nnnn1-c1cccc(Cl)c1Cl. The first-order valence-electron chi connectivity index (χ1n) is 8.83. The Kier molecular flexibility index (Phi) is 5.78. The van der Waals surface area contributed by atoms with Gasteiger partial charge in [0.25, 0.3) is 0 Å². The highest BCUT2D eigenvalue weighted by Crippen LogP contribution is 2.32. The average Bonchev–Trinajstić information content (AvgIpc) is 3.23. The minimum Gasteiger partial charge on any atom is -0.496 e. The third-order valence-corrected chi connectivity index (χ3v) is 5.18. The Bertz CT molecular complexity index is 1200. The third-order valence-electron chi connectivity index (χ3n) is 4.38. The first-order valence-corrected chi connectivity index (χ1v) is 9.58. The van der Waals surface area contributed by atoms with E-state index in [0.717, 1.165) is 5.56 Å². The molecule has 0 aliphatic rings. The van der Waals surface area contributed by atoms with Crippen LogP contribution in [0.25, 0.3) is 16.9 Å². The van der Waals surface area contributed by atoms with Crippen LogP contribution in [0.4, 0.5) is 10.3 Å². The molecule has 0 radical (unpaired) electrons. The van der Waals surface area contributed by atoms with Crippen molar-refractivity contribution in [2.45, 2.75) is 6.54 Å². The van der Waals surface area contributed by atoms with Gasteiger partial charge < -0.3 is 10.1 Å². The Morgan fingerprint density at radius 3 is 2.83 bits per heavy atom. The minimum absolute atomic E-state index is 0.340. The summed E-state index contributed by atoms with van der Waals surface area (Å²) in [4.78, 5) is 4.45. The van der Waals surface area contributed by atoms with Gasteiger partial charge in [0.2, 0.25) is 5.95 Å². The average molecular weight is 445 g/mol. The highest BCUT2D eigenvalue weighted by atomic mass is 35.5. The second-order valence-corrected chi connectivity index (χ2v) is 6.98. The van der Waals surface area contributed by atoms with Crippen LogP contribution in [0.3, 0.4) is 0 Å². The van der Waals surface area contributed by atoms with Crippen molar-refractivity contribution in [3.8, 4) is 22.7 Å². The molecule has 0 amide bonds. The van der Waals surface area contributed by atoms with E-state index in [2.05, 4.69) is 25.8 Å². The quantitative estimate of drug-likeness (QED) is 0.460. The smallest absolute Gasteiger partial charge is 0.248 e. The molecule has 0 spiro atoms. The second-order valence-electron chi connectivity index (χ2n) is 6.20. The third kappa shape index (κ3) is 3.92. The molecule has 0 atom stereocenters. The Morgan fingerprint density at radius 2 is 2.00 bits per heavy atom. The van der Waals surface area contributed by atoms with Crippen LogP contribution >= 0.6 is 23.2 Å². The molecule has 30 heavy (non-hydrogen) atoms. The minimum atomic E-state index is -0.385. The second kappa shape index (κ2) is 8.64. The van der Waals surface area contributed by atoms with Crippen LogP contribution in [-0.4, -0.2) is 32.3 Å². The lowest BCUT2D eigenvalue weighted by Gasteiger charge is -2.13. The number of benzene rings is 2. The summed E-state index contributed by atoms with van der Waals surface area (Å²) in [5.41, 5.74) is 2.72. The van der Waals surface area contributed by atoms with E-state index in [1.165, 1.54) is 23.9 Å². The Hall–Kier alpha value is -3.23. The van der Waals surface area contributed by atoms with Gasteiger partial charge in [-0.2, -0.15) is 4.68 Å². The molecule has 2 aromatic carbocycles. The Balaban J connectivity index is 1.65. The summed E-state index contributed by atoms with van der Waals surface area (Å²) in [5.74, 6) is 0.384. The lowest BCUT2D eigenvalue weighted by atomic mass is 10.0. The number of aromatic nitrogens is 5. The number of pyridine rings is 1. The molecule has 10 heteroatoms. The molecule has 2 heterocycles. The number of tetrazole rings is 1. The number of anilines is 1. The van der Waals surface area contributed by atoms with Crippen LogP contribution in [0.2, 0.25) is 10.0 Å². The van der Waals surface area contributed by atoms with Crippen molar-refractivity contribution in [1.82, 2.24) is 25.2 Å². The van der Waals surface area contributed by atoms with Gasteiger partial charge in [-0.05, 0) is 46.3 Å². The highest BCUT2D eigenvalue weighted by molar-refractivity contribution is 6.43. The fourth-order valence-corrected chi connectivity index (χ4v) is 3.35. The van der Waals surface area contributed by atoms with Gasteiger partial charge in [0.05, 0.1) is 28.5 Å². The predicted molar refractivity (Wildman–Crippen MR) is 113 cm³/mol. The van der Waals surface area contributed by atoms with Crippen molar-refractivity contribution in [2.75, 3.05) is 12.4 Å². The fourth-order valence-electron chi connectivity index (χ4n) is 2.97. The van der Waals surface area contributed by atoms with Gasteiger partial charge in [0, 0.05) is 24.4 Å². The zero-order chi connectivity index (χ0) is 21.1. The number of hydrogen-bond acceptors (Lipinski definition) is 6. The predicted octanol–water partition coefficient (Wildman–Crippen LogP) is 4.79. The number of hydrogen-bond donors (Lipinski definition) is 1. The number of ether oxygens (including phenoxy) is 1. The van der Waals surface area contributed by atoms with E-state index in [1.807, 2.05) is 12.1 Å². The zero-order valence-electron chi connectivity index (χ0n) is 15.7. The molecule has 4 rings (SSSR count). The first kappa shape index (κ1) is 20.1. The first-order chi connectivity index (χ1) is 14.6. The highest BCUT2D eigenvalue weighted by Gasteiger charge is 2.16. The van der Waals surface area contributed by atoms with E-state index >= 15 is 0 Å². The molecule has 0 bridgehead atoms. The molecule has 0 fully saturated rings. The molecule has 7 nitrogen and oxygen atoms in total. The van der Waals surface area contributed by atoms with Crippen molar-refractivity contribution >= 4 is 29.2 Å². The number of nitrogens with one attached hydrogen (secondary N) is 1. The Labute approximate surface area is 181 Å². The van der Waals surface area contributed by atoms with Gasteiger partial charge in [-0.25, -0.2) is 4.39 Å². The van der Waals surface area contributed by atoms with Gasteiger partial charge in [-0.15, -0.1) is 0 Å². The lowest BCUT2D eigenvalue weighted by molar-refractivity contribution is 0.413. The maximum absolute atomic E-state index is 13.6. The number of rotatable bonds is 6. The van der Waals surface area contributed by atoms with E-state index in [4.69, 9.17) is 27.9 Å². The van der Waals surface area contributed by atoms with Gasteiger partial charge in [0.1, 0.15) is 11.6 Å². The van der Waals surface area contributed by atoms with Gasteiger partial charge in [-0.3, -0.25) is 4.98 Å². The Morgan fingerprint density at radius 1 is 1.13 bits per heavy atom. The summed E-state index contributed by atoms with van der Waals surface area (Å²) in [6, 6.07) is 13.2. The summed E-state index contributed by atoms with van der Waals surface area (Å²) in [6.07, 6.45) is 1.66. The summed E-state index contributed by atoms with van der Waals surface area (Å²) in [6.45, 7) is 0.349. The van der Waals surface area contributed by atoms with Crippen LogP contribution < -0.4 is 10.1 Å². The maximum atomic E-state index is 13.6. The zero-order valence-corrected chi connectivity index (χ0v) is 17.2. The van der Waals surface area contributed by atoms with E-state index in [0.29, 0.717) is 45.2 Å². The van der Waals surface area contributed by atoms with E-state index in [9.17, 15) is 4.39 Å². The molecule has 4 aromatic rings. The topological polar surface area (TPSA) is 77.8 Å². The van der Waals surface area contributed by atoms with Crippen LogP contribution in [0.15, 0.2) is 54.7 Å². The summed E-state index contributed by atoms with van der Waals surface area (Å²) in [7, 11) is 1.49. The maximum Gasteiger partial charge on any atom is 0.248 e. The number of halogens is 3. The molecule has 0 unspecified atom stereocenters. The summed E-state index contributed by atoms with van der Waals surface area (Å²) >= 11 is 12.4. The normalized spacial score (nSPS) is 10.8. The molecular formula is C20H15Cl2FN6O. The van der Waals surface area contributed by atoms with Gasteiger partial charge in [0.15, 0.2) is 0 Å². The van der Waals surface area contributed by atoms with E-state index in [-0.39, 0.29) is 5.82 Å². The largest absolute Gasteiger partial charge is 0.496 e. The fraction of sp³-hybridized carbons (Fsp3) is 0.100. The van der Waals surface area contributed by atoms with Crippen molar-refractivity contribution in [2.24, 2.45) is 0 Å². The van der Waals surface area contributed by atoms with E-state index < -0.39 is 0 Å². The molecule has 0 aliphatic heterocycles. The molecular weight excluding hydrogens is 430 g/mol. The van der Waals surface area contributed by atoms with Crippen LogP contribution in [0.1, 0.15) is 5.56 Å². The summed E-state index contributed by atoms with van der Waals surface area (Å²) in [5, 5.41) is 15.7. The van der Waals surface area contributed by atoms with Crippen molar-refractivity contribution in [1.29, 1.82) is 0 Å². The molecule has 152 valence electrons. The monoisotopic (exact) mass is 444 g/mol. The van der Waals surface area contributed by atoms with E-state index in [1.54, 1.807) is 30.5 Å². The van der Waals surface area contributed by atoms with Crippen molar-refractivity contribution in [3.63, 3.8) is 0 Å². The van der Waals surface area contributed by atoms with Gasteiger partial charge >= 0.3 is 0 Å². The van der Waals surface area contributed by atoms with Crippen molar-refractivity contribution < 1.29 is 9.13 Å². The summed E-state index contributed by atoms with van der Waals surface area (Å²) < 4.78 is 20.4. The number of nitrogens with zero attached hydrogens (tertiary/aromatic N) is 5. The molecule has 0 saturated heterocycles. The molecule has 1 N–H and O–H groups in total. The van der Waals surface area contributed by atoms with Crippen molar-refractivity contribution in [3.05, 3.63) is 76.2 Å². The molecule has 0 saturated carbocycles.